The second-order valence-electron chi connectivity index (χ2n) is 4.73. The maximum Gasteiger partial charge on any atom is 0.287 e. The third-order valence-electron chi connectivity index (χ3n) is 3.38. The van der Waals surface area contributed by atoms with E-state index in [2.05, 4.69) is 21.2 Å². The van der Waals surface area contributed by atoms with Crippen molar-refractivity contribution < 1.29 is 14.0 Å². The number of nitrogens with one attached hydrogen (secondary N) is 1. The van der Waals surface area contributed by atoms with Crippen molar-refractivity contribution in [3.05, 3.63) is 52.4 Å². The van der Waals surface area contributed by atoms with Crippen molar-refractivity contribution in [2.75, 3.05) is 18.0 Å². The maximum atomic E-state index is 12.2. The molecule has 0 saturated heterocycles. The van der Waals surface area contributed by atoms with E-state index < -0.39 is 0 Å². The lowest BCUT2D eigenvalue weighted by atomic mass is 10.2. The quantitative estimate of drug-likeness (QED) is 0.925. The fourth-order valence-corrected chi connectivity index (χ4v) is 2.78. The summed E-state index contributed by atoms with van der Waals surface area (Å²) in [6.07, 6.45) is 2.25. The van der Waals surface area contributed by atoms with Gasteiger partial charge in [-0.25, -0.2) is 0 Å². The second kappa shape index (κ2) is 5.73. The summed E-state index contributed by atoms with van der Waals surface area (Å²) in [4.78, 5) is 25.7. The SMILES string of the molecule is O=C(NCC(=O)N1CCc2cc(Br)ccc21)c1ccco1. The molecule has 2 heterocycles. The summed E-state index contributed by atoms with van der Waals surface area (Å²) in [5.74, 6) is -0.312. The molecule has 5 nitrogen and oxygen atoms in total. The minimum atomic E-state index is -0.386. The molecule has 0 saturated carbocycles. The Kier molecular flexibility index (Phi) is 3.79. The normalized spacial score (nSPS) is 13.1. The minimum absolute atomic E-state index is 0.0466. The molecule has 0 bridgehead atoms. The molecule has 1 aliphatic heterocycles. The van der Waals surface area contributed by atoms with E-state index in [1.54, 1.807) is 17.0 Å². The van der Waals surface area contributed by atoms with Crippen LogP contribution in [0.2, 0.25) is 0 Å². The summed E-state index contributed by atoms with van der Waals surface area (Å²) in [5, 5.41) is 2.57. The van der Waals surface area contributed by atoms with Crippen molar-refractivity contribution in [1.29, 1.82) is 0 Å². The van der Waals surface area contributed by atoms with Crippen molar-refractivity contribution in [2.45, 2.75) is 6.42 Å². The number of hydrogen-bond donors (Lipinski definition) is 1. The van der Waals surface area contributed by atoms with Crippen molar-refractivity contribution in [3.8, 4) is 0 Å². The molecular weight excluding hydrogens is 336 g/mol. The van der Waals surface area contributed by atoms with E-state index in [0.717, 1.165) is 22.1 Å². The van der Waals surface area contributed by atoms with Crippen molar-refractivity contribution in [3.63, 3.8) is 0 Å². The molecule has 21 heavy (non-hydrogen) atoms. The van der Waals surface area contributed by atoms with Gasteiger partial charge in [-0.05, 0) is 42.3 Å². The van der Waals surface area contributed by atoms with E-state index in [4.69, 9.17) is 4.42 Å². The Hall–Kier alpha value is -2.08. The van der Waals surface area contributed by atoms with Crippen LogP contribution in [0.5, 0.6) is 0 Å². The smallest absolute Gasteiger partial charge is 0.287 e. The third-order valence-corrected chi connectivity index (χ3v) is 3.88. The first-order chi connectivity index (χ1) is 10.1. The van der Waals surface area contributed by atoms with Crippen LogP contribution in [0.15, 0.2) is 45.5 Å². The van der Waals surface area contributed by atoms with Gasteiger partial charge in [0.2, 0.25) is 5.91 Å². The van der Waals surface area contributed by atoms with Gasteiger partial charge in [-0.3, -0.25) is 9.59 Å². The van der Waals surface area contributed by atoms with Crippen LogP contribution >= 0.6 is 15.9 Å². The van der Waals surface area contributed by atoms with Gasteiger partial charge in [-0.1, -0.05) is 15.9 Å². The van der Waals surface area contributed by atoms with Crippen molar-refractivity contribution in [1.82, 2.24) is 5.32 Å². The van der Waals surface area contributed by atoms with E-state index in [1.165, 1.54) is 6.26 Å². The Bertz CT molecular complexity index is 682. The summed E-state index contributed by atoms with van der Waals surface area (Å²) >= 11 is 3.42. The average molecular weight is 349 g/mol. The zero-order chi connectivity index (χ0) is 14.8. The van der Waals surface area contributed by atoms with Crippen LogP contribution in [0.4, 0.5) is 5.69 Å². The number of rotatable bonds is 3. The zero-order valence-electron chi connectivity index (χ0n) is 11.1. The van der Waals surface area contributed by atoms with E-state index in [9.17, 15) is 9.59 Å². The molecule has 6 heteroatoms. The highest BCUT2D eigenvalue weighted by molar-refractivity contribution is 9.10. The number of amides is 2. The van der Waals surface area contributed by atoms with Crippen LogP contribution in [0.1, 0.15) is 16.1 Å². The van der Waals surface area contributed by atoms with Crippen molar-refractivity contribution >= 4 is 33.4 Å². The van der Waals surface area contributed by atoms with Gasteiger partial charge in [0, 0.05) is 16.7 Å². The molecular formula is C15H13BrN2O3. The van der Waals surface area contributed by atoms with Gasteiger partial charge in [-0.15, -0.1) is 0 Å². The Morgan fingerprint density at radius 3 is 2.95 bits per heavy atom. The number of carbonyl (C=O) groups is 2. The number of anilines is 1. The first-order valence-electron chi connectivity index (χ1n) is 6.55. The highest BCUT2D eigenvalue weighted by atomic mass is 79.9. The second-order valence-corrected chi connectivity index (χ2v) is 5.64. The predicted molar refractivity (Wildman–Crippen MR) is 81.2 cm³/mol. The lowest BCUT2D eigenvalue weighted by Gasteiger charge is -2.17. The number of carbonyl (C=O) groups excluding carboxylic acids is 2. The number of nitrogens with zero attached hydrogens (tertiary/aromatic N) is 1. The molecule has 1 aromatic heterocycles. The topological polar surface area (TPSA) is 62.6 Å². The average Bonchev–Trinajstić information content (AvgIpc) is 3.13. The van der Waals surface area contributed by atoms with E-state index >= 15 is 0 Å². The van der Waals surface area contributed by atoms with Crippen LogP contribution in [0.25, 0.3) is 0 Å². The molecule has 1 aliphatic rings. The molecule has 0 aliphatic carbocycles. The largest absolute Gasteiger partial charge is 0.459 e. The third kappa shape index (κ3) is 2.85. The standard InChI is InChI=1S/C15H13BrN2O3/c16-11-3-4-12-10(8-11)5-6-18(12)14(19)9-17-15(20)13-2-1-7-21-13/h1-4,7-8H,5-6,9H2,(H,17,20). The molecule has 0 spiro atoms. The molecule has 0 unspecified atom stereocenters. The molecule has 2 amide bonds. The number of furan rings is 1. The van der Waals surface area contributed by atoms with Gasteiger partial charge >= 0.3 is 0 Å². The number of halogens is 1. The molecule has 1 N–H and O–H groups in total. The lowest BCUT2D eigenvalue weighted by Crippen LogP contribution is -2.39. The highest BCUT2D eigenvalue weighted by Gasteiger charge is 2.25. The van der Waals surface area contributed by atoms with Crippen LogP contribution in [-0.2, 0) is 11.2 Å². The molecule has 0 fully saturated rings. The monoisotopic (exact) mass is 348 g/mol. The summed E-state index contributed by atoms with van der Waals surface area (Å²) in [6.45, 7) is 0.594. The predicted octanol–water partition coefficient (Wildman–Crippen LogP) is 2.36. The van der Waals surface area contributed by atoms with Crippen LogP contribution in [-0.4, -0.2) is 24.9 Å². The van der Waals surface area contributed by atoms with Gasteiger partial charge < -0.3 is 14.6 Å². The first kappa shape index (κ1) is 13.9. The summed E-state index contributed by atoms with van der Waals surface area (Å²) in [6, 6.07) is 9.03. The molecule has 1 aromatic carbocycles. The summed E-state index contributed by atoms with van der Waals surface area (Å²) in [7, 11) is 0. The molecule has 3 rings (SSSR count). The molecule has 108 valence electrons. The Labute approximate surface area is 130 Å². The number of fused-ring (bicyclic) bond motifs is 1. The summed E-state index contributed by atoms with van der Waals surface area (Å²) < 4.78 is 5.98. The number of hydrogen-bond acceptors (Lipinski definition) is 3. The fourth-order valence-electron chi connectivity index (χ4n) is 2.38. The Morgan fingerprint density at radius 1 is 1.33 bits per heavy atom. The maximum absolute atomic E-state index is 12.2. The van der Waals surface area contributed by atoms with Crippen LogP contribution in [0.3, 0.4) is 0 Å². The van der Waals surface area contributed by atoms with E-state index in [0.29, 0.717) is 6.54 Å². The van der Waals surface area contributed by atoms with Gasteiger partial charge in [0.05, 0.1) is 12.8 Å². The van der Waals surface area contributed by atoms with Crippen LogP contribution in [0, 0.1) is 0 Å². The van der Waals surface area contributed by atoms with E-state index in [-0.39, 0.29) is 24.1 Å². The summed E-state index contributed by atoms with van der Waals surface area (Å²) in [5.41, 5.74) is 2.05. The van der Waals surface area contributed by atoms with Crippen molar-refractivity contribution in [2.24, 2.45) is 0 Å². The first-order valence-corrected chi connectivity index (χ1v) is 7.35. The fraction of sp³-hybridized carbons (Fsp3) is 0.200. The Morgan fingerprint density at radius 2 is 2.19 bits per heavy atom. The molecule has 2 aromatic rings. The van der Waals surface area contributed by atoms with E-state index in [1.807, 2.05) is 18.2 Å². The number of benzene rings is 1. The van der Waals surface area contributed by atoms with Gasteiger partial charge in [0.1, 0.15) is 0 Å². The minimum Gasteiger partial charge on any atom is -0.459 e. The molecule has 0 atom stereocenters. The highest BCUT2D eigenvalue weighted by Crippen LogP contribution is 2.30. The van der Waals surface area contributed by atoms with Gasteiger partial charge in [-0.2, -0.15) is 0 Å². The van der Waals surface area contributed by atoms with Gasteiger partial charge in [0.25, 0.3) is 5.91 Å². The zero-order valence-corrected chi connectivity index (χ0v) is 12.7. The van der Waals surface area contributed by atoms with Crippen LogP contribution < -0.4 is 10.2 Å². The van der Waals surface area contributed by atoms with Gasteiger partial charge in [0.15, 0.2) is 5.76 Å². The lowest BCUT2D eigenvalue weighted by molar-refractivity contribution is -0.117. The Balaban J connectivity index is 1.64. The molecule has 0 radical (unpaired) electrons.